The van der Waals surface area contributed by atoms with E-state index in [2.05, 4.69) is 20.8 Å². The molecule has 0 spiro atoms. The number of hydrogen-bond acceptors (Lipinski definition) is 4. The molecule has 0 radical (unpaired) electrons. The van der Waals surface area contributed by atoms with Crippen LogP contribution in [0.1, 0.15) is 56.0 Å². The van der Waals surface area contributed by atoms with Gasteiger partial charge in [0.2, 0.25) is 0 Å². The smallest absolute Gasteiger partial charge is 0.295 e. The van der Waals surface area contributed by atoms with Crippen molar-refractivity contribution in [3.63, 3.8) is 0 Å². The Bertz CT molecular complexity index is 1240. The minimum absolute atomic E-state index is 0.0350. The fourth-order valence-electron chi connectivity index (χ4n) is 4.36. The number of ether oxygens (including phenoxy) is 1. The first-order valence-electron chi connectivity index (χ1n) is 11.9. The van der Waals surface area contributed by atoms with E-state index in [-0.39, 0.29) is 23.3 Å². The Balaban J connectivity index is 1.79. The number of aliphatic hydroxyl groups excluding tert-OH is 1. The first-order chi connectivity index (χ1) is 16.7. The van der Waals surface area contributed by atoms with Crippen molar-refractivity contribution in [1.82, 2.24) is 4.90 Å². The summed E-state index contributed by atoms with van der Waals surface area (Å²) in [7, 11) is 0. The van der Waals surface area contributed by atoms with E-state index in [1.807, 2.05) is 61.5 Å². The van der Waals surface area contributed by atoms with Gasteiger partial charge in [-0.2, -0.15) is 0 Å². The molecule has 4 rings (SSSR count). The van der Waals surface area contributed by atoms with Crippen molar-refractivity contribution in [2.24, 2.45) is 0 Å². The minimum atomic E-state index is -0.698. The molecule has 3 aromatic carbocycles. The van der Waals surface area contributed by atoms with Crippen molar-refractivity contribution >= 4 is 17.4 Å². The van der Waals surface area contributed by atoms with Crippen LogP contribution < -0.4 is 4.74 Å². The molecule has 1 aliphatic rings. The number of likely N-dealkylation sites (tertiary alicyclic amines) is 1. The second kappa shape index (κ2) is 9.79. The monoisotopic (exact) mass is 469 g/mol. The molecule has 1 fully saturated rings. The summed E-state index contributed by atoms with van der Waals surface area (Å²) in [5.74, 6) is -0.719. The van der Waals surface area contributed by atoms with Gasteiger partial charge in [0.15, 0.2) is 0 Å². The highest BCUT2D eigenvalue weighted by Crippen LogP contribution is 2.41. The number of amides is 1. The van der Waals surface area contributed by atoms with Crippen LogP contribution in [0.25, 0.3) is 5.76 Å². The van der Waals surface area contributed by atoms with Gasteiger partial charge in [-0.3, -0.25) is 9.59 Å². The van der Waals surface area contributed by atoms with E-state index in [0.717, 1.165) is 22.4 Å². The van der Waals surface area contributed by atoms with Crippen molar-refractivity contribution in [2.75, 3.05) is 6.61 Å². The first kappa shape index (κ1) is 24.3. The van der Waals surface area contributed by atoms with Crippen LogP contribution in [0.2, 0.25) is 0 Å². The molecule has 5 nitrogen and oxygen atoms in total. The lowest BCUT2D eigenvalue weighted by molar-refractivity contribution is -0.140. The Kier molecular flexibility index (Phi) is 6.79. The summed E-state index contributed by atoms with van der Waals surface area (Å²) in [6.45, 7) is 9.12. The van der Waals surface area contributed by atoms with Crippen molar-refractivity contribution in [2.45, 2.75) is 45.7 Å². The van der Waals surface area contributed by atoms with Gasteiger partial charge in [-0.15, -0.1) is 0 Å². The number of aliphatic hydroxyl groups is 1. The van der Waals surface area contributed by atoms with Gasteiger partial charge in [-0.1, -0.05) is 87.5 Å². The number of carbonyl (C=O) groups is 2. The summed E-state index contributed by atoms with van der Waals surface area (Å²) in [4.78, 5) is 28.0. The molecule has 0 saturated carbocycles. The molecular weight excluding hydrogens is 438 g/mol. The van der Waals surface area contributed by atoms with Gasteiger partial charge in [0.05, 0.1) is 18.2 Å². The molecule has 1 N–H and O–H groups in total. The Morgan fingerprint density at radius 2 is 1.54 bits per heavy atom. The molecule has 0 aromatic heterocycles. The summed E-state index contributed by atoms with van der Waals surface area (Å²) in [5.41, 5.74) is 3.37. The zero-order chi connectivity index (χ0) is 25.2. The number of rotatable bonds is 6. The van der Waals surface area contributed by atoms with Gasteiger partial charge in [0.25, 0.3) is 11.7 Å². The van der Waals surface area contributed by atoms with E-state index in [4.69, 9.17) is 4.74 Å². The third kappa shape index (κ3) is 4.99. The second-order valence-corrected chi connectivity index (χ2v) is 9.74. The SMILES string of the molecule is CCOc1ccc(CN2C(=O)C(=O)/C(=C(\O)c3ccccc3)C2c2ccc(C(C)(C)C)cc2)cc1. The van der Waals surface area contributed by atoms with Gasteiger partial charge in [-0.05, 0) is 41.2 Å². The average molecular weight is 470 g/mol. The molecule has 1 heterocycles. The maximum Gasteiger partial charge on any atom is 0.295 e. The van der Waals surface area contributed by atoms with Crippen LogP contribution in [0.3, 0.4) is 0 Å². The van der Waals surface area contributed by atoms with Crippen LogP contribution in [-0.4, -0.2) is 28.3 Å². The predicted molar refractivity (Wildman–Crippen MR) is 137 cm³/mol. The normalized spacial score (nSPS) is 17.6. The summed E-state index contributed by atoms with van der Waals surface area (Å²) in [6, 6.07) is 23.6. The third-order valence-electron chi connectivity index (χ3n) is 6.27. The molecule has 180 valence electrons. The largest absolute Gasteiger partial charge is 0.507 e. The molecule has 35 heavy (non-hydrogen) atoms. The average Bonchev–Trinajstić information content (AvgIpc) is 3.10. The van der Waals surface area contributed by atoms with Crippen molar-refractivity contribution in [3.05, 3.63) is 107 Å². The molecule has 1 amide bonds. The van der Waals surface area contributed by atoms with Crippen LogP contribution in [0.15, 0.2) is 84.4 Å². The quantitative estimate of drug-likeness (QED) is 0.273. The summed E-state index contributed by atoms with van der Waals surface area (Å²) in [5, 5.41) is 11.2. The Morgan fingerprint density at radius 3 is 2.11 bits per heavy atom. The van der Waals surface area contributed by atoms with E-state index >= 15 is 0 Å². The van der Waals surface area contributed by atoms with Crippen molar-refractivity contribution in [1.29, 1.82) is 0 Å². The van der Waals surface area contributed by atoms with Crippen molar-refractivity contribution in [3.8, 4) is 5.75 Å². The highest BCUT2D eigenvalue weighted by molar-refractivity contribution is 6.46. The highest BCUT2D eigenvalue weighted by Gasteiger charge is 2.46. The van der Waals surface area contributed by atoms with Crippen LogP contribution in [-0.2, 0) is 21.5 Å². The number of benzene rings is 3. The van der Waals surface area contributed by atoms with Gasteiger partial charge in [-0.25, -0.2) is 0 Å². The van der Waals surface area contributed by atoms with Gasteiger partial charge in [0.1, 0.15) is 11.5 Å². The molecule has 1 unspecified atom stereocenters. The summed E-state index contributed by atoms with van der Waals surface area (Å²) < 4.78 is 5.52. The number of hydrogen-bond donors (Lipinski definition) is 1. The third-order valence-corrected chi connectivity index (χ3v) is 6.27. The minimum Gasteiger partial charge on any atom is -0.507 e. The van der Waals surface area contributed by atoms with Crippen molar-refractivity contribution < 1.29 is 19.4 Å². The van der Waals surface area contributed by atoms with E-state index in [0.29, 0.717) is 12.2 Å². The fourth-order valence-corrected chi connectivity index (χ4v) is 4.36. The van der Waals surface area contributed by atoms with Crippen LogP contribution in [0, 0.1) is 0 Å². The number of ketones is 1. The van der Waals surface area contributed by atoms with E-state index in [1.54, 1.807) is 29.2 Å². The molecule has 1 atom stereocenters. The van der Waals surface area contributed by atoms with Gasteiger partial charge in [0, 0.05) is 12.1 Å². The molecule has 0 aliphatic carbocycles. The number of Topliss-reactive ketones (excluding diaryl/α,β-unsaturated/α-hetero) is 1. The molecule has 1 saturated heterocycles. The van der Waals surface area contributed by atoms with Gasteiger partial charge < -0.3 is 14.7 Å². The molecule has 0 bridgehead atoms. The lowest BCUT2D eigenvalue weighted by atomic mass is 9.85. The zero-order valence-corrected chi connectivity index (χ0v) is 20.6. The summed E-state index contributed by atoms with van der Waals surface area (Å²) in [6.07, 6.45) is 0. The molecule has 1 aliphatic heterocycles. The maximum atomic E-state index is 13.2. The van der Waals surface area contributed by atoms with E-state index in [9.17, 15) is 14.7 Å². The predicted octanol–water partition coefficient (Wildman–Crippen LogP) is 6.00. The fraction of sp³-hybridized carbons (Fsp3) is 0.267. The van der Waals surface area contributed by atoms with Crippen LogP contribution in [0.4, 0.5) is 0 Å². The second-order valence-electron chi connectivity index (χ2n) is 9.74. The zero-order valence-electron chi connectivity index (χ0n) is 20.6. The Hall–Kier alpha value is -3.86. The molecule has 3 aromatic rings. The lowest BCUT2D eigenvalue weighted by Crippen LogP contribution is -2.29. The van der Waals surface area contributed by atoms with Gasteiger partial charge >= 0.3 is 0 Å². The maximum absolute atomic E-state index is 13.2. The first-order valence-corrected chi connectivity index (χ1v) is 11.9. The topological polar surface area (TPSA) is 66.8 Å². The number of nitrogens with zero attached hydrogens (tertiary/aromatic N) is 1. The van der Waals surface area contributed by atoms with Crippen LogP contribution >= 0.6 is 0 Å². The van der Waals surface area contributed by atoms with E-state index < -0.39 is 17.7 Å². The van der Waals surface area contributed by atoms with E-state index in [1.165, 1.54) is 0 Å². The molecule has 5 heteroatoms. The van der Waals surface area contributed by atoms with Crippen LogP contribution in [0.5, 0.6) is 5.75 Å². The lowest BCUT2D eigenvalue weighted by Gasteiger charge is -2.26. The molecular formula is C30H31NO4. The highest BCUT2D eigenvalue weighted by atomic mass is 16.5. The standard InChI is InChI=1S/C30H31NO4/c1-5-35-24-17-11-20(12-18-24)19-31-26(21-13-15-23(16-14-21)30(2,3)4)25(28(33)29(31)34)27(32)22-9-7-6-8-10-22/h6-18,26,32H,5,19H2,1-4H3/b27-25-. The Morgan fingerprint density at radius 1 is 0.914 bits per heavy atom. The summed E-state index contributed by atoms with van der Waals surface area (Å²) >= 11 is 0. The Labute approximate surface area is 206 Å². The number of carbonyl (C=O) groups excluding carboxylic acids is 2.